The van der Waals surface area contributed by atoms with Crippen molar-refractivity contribution in [2.45, 2.75) is 13.8 Å². The quantitative estimate of drug-likeness (QED) is 0.681. The van der Waals surface area contributed by atoms with Gasteiger partial charge in [-0.1, -0.05) is 23.8 Å². The number of aryl methyl sites for hydroxylation is 2. The second-order valence-corrected chi connectivity index (χ2v) is 4.75. The van der Waals surface area contributed by atoms with Crippen molar-refractivity contribution in [3.05, 3.63) is 45.5 Å². The third-order valence-corrected chi connectivity index (χ3v) is 3.17. The molecule has 2 rings (SSSR count). The highest BCUT2D eigenvalue weighted by Gasteiger charge is 2.16. The maximum atomic E-state index is 13.9. The molecule has 0 aliphatic heterocycles. The van der Waals surface area contributed by atoms with E-state index in [0.29, 0.717) is 17.1 Å². The van der Waals surface area contributed by atoms with Crippen molar-refractivity contribution >= 4 is 18.2 Å². The molecule has 0 atom stereocenters. The Morgan fingerprint density at radius 2 is 2.10 bits per heavy atom. The van der Waals surface area contributed by atoms with Crippen molar-refractivity contribution in [1.82, 2.24) is 9.97 Å². The second-order valence-electron chi connectivity index (χ2n) is 4.37. The highest BCUT2D eigenvalue weighted by molar-refractivity contribution is 7.71. The summed E-state index contributed by atoms with van der Waals surface area (Å²) in [6.07, 6.45) is 0. The van der Waals surface area contributed by atoms with Crippen molar-refractivity contribution in [3.63, 3.8) is 0 Å². The van der Waals surface area contributed by atoms with Crippen molar-refractivity contribution in [1.29, 1.82) is 0 Å². The largest absolute Gasteiger partial charge is 0.465 e. The summed E-state index contributed by atoms with van der Waals surface area (Å²) in [7, 11) is 1.27. The van der Waals surface area contributed by atoms with Crippen molar-refractivity contribution in [2.75, 3.05) is 7.11 Å². The molecule has 1 heterocycles. The number of H-pyrrole nitrogens is 1. The van der Waals surface area contributed by atoms with Crippen LogP contribution in [0.15, 0.2) is 18.2 Å². The van der Waals surface area contributed by atoms with E-state index in [2.05, 4.69) is 14.7 Å². The fraction of sp³-hybridized carbons (Fsp3) is 0.214. The SMILES string of the molecule is COC(=O)c1c(C)[nH]c(-c2cc(C)ccc2F)nc1=S. The molecular weight excluding hydrogens is 279 g/mol. The standard InChI is InChI=1S/C14H13FN2O2S/c1-7-4-5-10(15)9(6-7)12-16-8(2)11(13(20)17-12)14(18)19-3/h4-6H,1-3H3,(H,16,17,20). The van der Waals surface area contributed by atoms with Gasteiger partial charge in [0.25, 0.3) is 0 Å². The van der Waals surface area contributed by atoms with Gasteiger partial charge < -0.3 is 9.72 Å². The predicted molar refractivity (Wildman–Crippen MR) is 75.6 cm³/mol. The Balaban J connectivity index is 2.64. The van der Waals surface area contributed by atoms with Crippen LogP contribution in [0.3, 0.4) is 0 Å². The summed E-state index contributed by atoms with van der Waals surface area (Å²) in [5.74, 6) is -0.673. The van der Waals surface area contributed by atoms with Gasteiger partial charge in [-0.3, -0.25) is 0 Å². The highest BCUT2D eigenvalue weighted by atomic mass is 32.1. The normalized spacial score (nSPS) is 10.4. The smallest absolute Gasteiger partial charge is 0.342 e. The summed E-state index contributed by atoms with van der Waals surface area (Å²) in [5.41, 5.74) is 1.90. The molecule has 0 saturated carbocycles. The number of aromatic nitrogens is 2. The van der Waals surface area contributed by atoms with E-state index in [4.69, 9.17) is 12.2 Å². The maximum absolute atomic E-state index is 13.9. The summed E-state index contributed by atoms with van der Waals surface area (Å²) in [6.45, 7) is 3.52. The molecule has 0 radical (unpaired) electrons. The minimum Gasteiger partial charge on any atom is -0.465 e. The van der Waals surface area contributed by atoms with Crippen LogP contribution in [0.4, 0.5) is 4.39 Å². The predicted octanol–water partition coefficient (Wildman–Crippen LogP) is 3.35. The van der Waals surface area contributed by atoms with Crippen LogP contribution in [0, 0.1) is 24.3 Å². The molecule has 0 spiro atoms. The van der Waals surface area contributed by atoms with Gasteiger partial charge in [0.05, 0.1) is 12.7 Å². The number of ether oxygens (including phenoxy) is 1. The third kappa shape index (κ3) is 2.60. The van der Waals surface area contributed by atoms with E-state index in [0.717, 1.165) is 5.56 Å². The molecule has 1 N–H and O–H groups in total. The van der Waals surface area contributed by atoms with Gasteiger partial charge in [0.1, 0.15) is 21.8 Å². The number of esters is 1. The molecule has 0 aliphatic carbocycles. The number of halogens is 1. The minimum atomic E-state index is -0.562. The van der Waals surface area contributed by atoms with E-state index in [1.165, 1.54) is 13.2 Å². The Labute approximate surface area is 120 Å². The molecule has 0 fully saturated rings. The summed E-state index contributed by atoms with van der Waals surface area (Å²) in [4.78, 5) is 18.6. The zero-order valence-electron chi connectivity index (χ0n) is 11.3. The summed E-state index contributed by atoms with van der Waals surface area (Å²) < 4.78 is 18.6. The number of carbonyl (C=O) groups is 1. The molecule has 4 nitrogen and oxygen atoms in total. The summed E-state index contributed by atoms with van der Waals surface area (Å²) in [5, 5.41) is 0. The van der Waals surface area contributed by atoms with Crippen LogP contribution in [0.2, 0.25) is 0 Å². The lowest BCUT2D eigenvalue weighted by Crippen LogP contribution is -2.09. The number of hydrogen-bond donors (Lipinski definition) is 1. The van der Waals surface area contributed by atoms with Gasteiger partial charge in [-0.2, -0.15) is 0 Å². The number of nitrogens with one attached hydrogen (secondary N) is 1. The molecule has 1 aromatic carbocycles. The first-order chi connectivity index (χ1) is 9.43. The lowest BCUT2D eigenvalue weighted by Gasteiger charge is -2.09. The average Bonchev–Trinajstić information content (AvgIpc) is 2.40. The van der Waals surface area contributed by atoms with Crippen LogP contribution in [-0.4, -0.2) is 23.0 Å². The molecule has 104 valence electrons. The van der Waals surface area contributed by atoms with Crippen LogP contribution in [-0.2, 0) is 4.74 Å². The number of nitrogens with zero attached hydrogens (tertiary/aromatic N) is 1. The lowest BCUT2D eigenvalue weighted by atomic mass is 10.1. The van der Waals surface area contributed by atoms with Gasteiger partial charge in [-0.25, -0.2) is 14.2 Å². The molecule has 6 heteroatoms. The Morgan fingerprint density at radius 1 is 1.40 bits per heavy atom. The fourth-order valence-corrected chi connectivity index (χ4v) is 2.20. The molecule has 0 bridgehead atoms. The van der Waals surface area contributed by atoms with E-state index in [9.17, 15) is 9.18 Å². The van der Waals surface area contributed by atoms with Crippen LogP contribution in [0.1, 0.15) is 21.6 Å². The van der Waals surface area contributed by atoms with Gasteiger partial charge in [0, 0.05) is 5.69 Å². The molecule has 0 saturated heterocycles. The van der Waals surface area contributed by atoms with Crippen LogP contribution in [0.5, 0.6) is 0 Å². The first-order valence-corrected chi connectivity index (χ1v) is 6.30. The van der Waals surface area contributed by atoms with Crippen molar-refractivity contribution in [2.24, 2.45) is 0 Å². The molecular formula is C14H13FN2O2S. The number of aromatic amines is 1. The van der Waals surface area contributed by atoms with Gasteiger partial charge in [-0.15, -0.1) is 0 Å². The molecule has 0 unspecified atom stereocenters. The van der Waals surface area contributed by atoms with Crippen LogP contribution >= 0.6 is 12.2 Å². The van der Waals surface area contributed by atoms with E-state index in [1.54, 1.807) is 19.1 Å². The Morgan fingerprint density at radius 3 is 2.70 bits per heavy atom. The van der Waals surface area contributed by atoms with E-state index < -0.39 is 11.8 Å². The van der Waals surface area contributed by atoms with Gasteiger partial charge >= 0.3 is 5.97 Å². The lowest BCUT2D eigenvalue weighted by molar-refractivity contribution is 0.0598. The molecule has 0 amide bonds. The number of methoxy groups -OCH3 is 1. The van der Waals surface area contributed by atoms with Crippen LogP contribution in [0.25, 0.3) is 11.4 Å². The highest BCUT2D eigenvalue weighted by Crippen LogP contribution is 2.22. The fourth-order valence-electron chi connectivity index (χ4n) is 1.88. The molecule has 20 heavy (non-hydrogen) atoms. The number of hydrogen-bond acceptors (Lipinski definition) is 4. The first-order valence-electron chi connectivity index (χ1n) is 5.89. The molecule has 0 aliphatic rings. The van der Waals surface area contributed by atoms with E-state index >= 15 is 0 Å². The number of benzene rings is 1. The summed E-state index contributed by atoms with van der Waals surface area (Å²) in [6, 6.07) is 4.70. The zero-order chi connectivity index (χ0) is 14.9. The Bertz CT molecular complexity index is 740. The second kappa shape index (κ2) is 5.50. The maximum Gasteiger partial charge on any atom is 0.342 e. The van der Waals surface area contributed by atoms with Gasteiger partial charge in [0.2, 0.25) is 0 Å². The summed E-state index contributed by atoms with van der Waals surface area (Å²) >= 11 is 5.09. The number of rotatable bonds is 2. The van der Waals surface area contributed by atoms with Gasteiger partial charge in [-0.05, 0) is 26.0 Å². The Hall–Kier alpha value is -2.08. The van der Waals surface area contributed by atoms with Gasteiger partial charge in [0.15, 0.2) is 0 Å². The van der Waals surface area contributed by atoms with Crippen molar-refractivity contribution < 1.29 is 13.9 Å². The minimum absolute atomic E-state index is 0.0870. The van der Waals surface area contributed by atoms with Crippen LogP contribution < -0.4 is 0 Å². The van der Waals surface area contributed by atoms with E-state index in [-0.39, 0.29) is 10.2 Å². The topological polar surface area (TPSA) is 55.0 Å². The molecule has 2 aromatic rings. The Kier molecular flexibility index (Phi) is 3.94. The number of carbonyl (C=O) groups excluding carboxylic acids is 1. The first kappa shape index (κ1) is 14.3. The van der Waals surface area contributed by atoms with E-state index in [1.807, 2.05) is 6.92 Å². The average molecular weight is 292 g/mol. The van der Waals surface area contributed by atoms with Crippen molar-refractivity contribution in [3.8, 4) is 11.4 Å². The third-order valence-electron chi connectivity index (χ3n) is 2.87. The molecule has 1 aromatic heterocycles. The zero-order valence-corrected chi connectivity index (χ0v) is 12.1. The monoisotopic (exact) mass is 292 g/mol.